The topological polar surface area (TPSA) is 106 Å². The second-order valence-corrected chi connectivity index (χ2v) is 7.29. The van der Waals surface area contributed by atoms with Crippen molar-refractivity contribution in [1.82, 2.24) is 0 Å². The van der Waals surface area contributed by atoms with Crippen LogP contribution in [0, 0.1) is 0 Å². The van der Waals surface area contributed by atoms with Crippen LogP contribution in [0.15, 0.2) is 54.6 Å². The van der Waals surface area contributed by atoms with Gasteiger partial charge in [-0.2, -0.15) is 0 Å². The van der Waals surface area contributed by atoms with E-state index in [0.29, 0.717) is 28.5 Å². The first-order valence-electron chi connectivity index (χ1n) is 10.6. The summed E-state index contributed by atoms with van der Waals surface area (Å²) in [5, 5.41) is 22.4. The van der Waals surface area contributed by atoms with Gasteiger partial charge in [0.15, 0.2) is 23.0 Å². The van der Waals surface area contributed by atoms with E-state index in [1.807, 2.05) is 0 Å². The molecule has 1 amide bonds. The van der Waals surface area contributed by atoms with Crippen LogP contribution in [-0.2, 0) is 4.79 Å². The molecule has 0 bridgehead atoms. The van der Waals surface area contributed by atoms with Crippen LogP contribution < -0.4 is 24.3 Å². The van der Waals surface area contributed by atoms with E-state index in [1.165, 1.54) is 52.7 Å². The third kappa shape index (κ3) is 6.05. The van der Waals surface area contributed by atoms with Gasteiger partial charge in [0.25, 0.3) is 0 Å². The number of amides is 1. The summed E-state index contributed by atoms with van der Waals surface area (Å²) < 4.78 is 21.5. The molecule has 0 aromatic heterocycles. The van der Waals surface area contributed by atoms with Gasteiger partial charge >= 0.3 is 0 Å². The van der Waals surface area contributed by atoms with E-state index in [4.69, 9.17) is 18.9 Å². The lowest BCUT2D eigenvalue weighted by Gasteiger charge is -2.14. The molecule has 0 fully saturated rings. The summed E-state index contributed by atoms with van der Waals surface area (Å²) >= 11 is 0. The Bertz CT molecular complexity index is 1220. The molecule has 0 unspecified atom stereocenters. The molecule has 0 saturated carbocycles. The fourth-order valence-electron chi connectivity index (χ4n) is 3.37. The number of carbonyl (C=O) groups excluding carboxylic acids is 1. The maximum Gasteiger partial charge on any atom is 0.248 e. The number of phenolic OH excluding ortho intramolecular Hbond substituents is 2. The van der Waals surface area contributed by atoms with Crippen molar-refractivity contribution in [1.29, 1.82) is 0 Å². The van der Waals surface area contributed by atoms with E-state index in [1.54, 1.807) is 48.6 Å². The van der Waals surface area contributed by atoms with Gasteiger partial charge in [-0.15, -0.1) is 0 Å². The van der Waals surface area contributed by atoms with Gasteiger partial charge in [-0.3, -0.25) is 4.79 Å². The summed E-state index contributed by atoms with van der Waals surface area (Å²) in [6, 6.07) is 13.1. The highest BCUT2D eigenvalue weighted by molar-refractivity contribution is 6.04. The smallest absolute Gasteiger partial charge is 0.248 e. The number of methoxy groups -OCH3 is 4. The highest BCUT2D eigenvalue weighted by Gasteiger charge is 2.15. The van der Waals surface area contributed by atoms with Gasteiger partial charge in [0, 0.05) is 11.6 Å². The number of aromatic hydroxyl groups is 2. The standard InChI is InChI=1S/C27H27NO7/c1-32-22-15-18(16-23(33-2)27(22)35-4)5-9-19-10-13-21(30)26(34-3)25(19)28-24(31)14-8-17-6-11-20(29)12-7-17/h5-16,29-30H,1-4H3,(H,28,31)/b9-5+,14-8+. The fraction of sp³-hybridized carbons (Fsp3) is 0.148. The van der Waals surface area contributed by atoms with Crippen molar-refractivity contribution in [3.63, 3.8) is 0 Å². The molecule has 0 spiro atoms. The Morgan fingerprint density at radius 2 is 1.37 bits per heavy atom. The van der Waals surface area contributed by atoms with Crippen LogP contribution in [0.1, 0.15) is 16.7 Å². The SMILES string of the molecule is COc1cc(/C=C/c2ccc(O)c(OC)c2NC(=O)/C=C/c2ccc(O)cc2)cc(OC)c1OC. The van der Waals surface area contributed by atoms with Crippen molar-refractivity contribution in [3.05, 3.63) is 71.3 Å². The minimum atomic E-state index is -0.426. The van der Waals surface area contributed by atoms with Crippen LogP contribution >= 0.6 is 0 Å². The molecule has 8 nitrogen and oxygen atoms in total. The van der Waals surface area contributed by atoms with Crippen molar-refractivity contribution in [2.24, 2.45) is 0 Å². The molecule has 0 heterocycles. The molecule has 8 heteroatoms. The lowest BCUT2D eigenvalue weighted by molar-refractivity contribution is -0.111. The maximum atomic E-state index is 12.6. The first kappa shape index (κ1) is 25.0. The Kier molecular flexibility index (Phi) is 8.24. The second-order valence-electron chi connectivity index (χ2n) is 7.29. The molecule has 0 aliphatic heterocycles. The van der Waals surface area contributed by atoms with E-state index in [0.717, 1.165) is 11.1 Å². The highest BCUT2D eigenvalue weighted by Crippen LogP contribution is 2.40. The van der Waals surface area contributed by atoms with Crippen molar-refractivity contribution < 1.29 is 34.0 Å². The number of ether oxygens (including phenoxy) is 4. The summed E-state index contributed by atoms with van der Waals surface area (Å²) in [6.45, 7) is 0. The van der Waals surface area contributed by atoms with E-state index < -0.39 is 5.91 Å². The first-order valence-corrected chi connectivity index (χ1v) is 10.6. The number of hydrogen-bond donors (Lipinski definition) is 3. The molecule has 35 heavy (non-hydrogen) atoms. The minimum absolute atomic E-state index is 0.116. The predicted molar refractivity (Wildman–Crippen MR) is 135 cm³/mol. The summed E-state index contributed by atoms with van der Waals surface area (Å²) in [5.74, 6) is 1.21. The second kappa shape index (κ2) is 11.5. The van der Waals surface area contributed by atoms with Gasteiger partial charge in [-0.1, -0.05) is 24.3 Å². The lowest BCUT2D eigenvalue weighted by Crippen LogP contribution is -2.10. The molecular formula is C27H27NO7. The highest BCUT2D eigenvalue weighted by atomic mass is 16.5. The van der Waals surface area contributed by atoms with Crippen molar-refractivity contribution in [2.45, 2.75) is 0 Å². The van der Waals surface area contributed by atoms with Crippen molar-refractivity contribution >= 4 is 29.8 Å². The van der Waals surface area contributed by atoms with Gasteiger partial charge in [0.1, 0.15) is 5.75 Å². The lowest BCUT2D eigenvalue weighted by atomic mass is 10.1. The average molecular weight is 478 g/mol. The number of nitrogens with one attached hydrogen (secondary N) is 1. The van der Waals surface area contributed by atoms with Crippen LogP contribution in [-0.4, -0.2) is 44.6 Å². The van der Waals surface area contributed by atoms with Gasteiger partial charge in [0.2, 0.25) is 11.7 Å². The van der Waals surface area contributed by atoms with Crippen LogP contribution in [0.4, 0.5) is 5.69 Å². The van der Waals surface area contributed by atoms with Gasteiger partial charge in [-0.05, 0) is 53.6 Å². The summed E-state index contributed by atoms with van der Waals surface area (Å²) in [6.07, 6.45) is 6.53. The van der Waals surface area contributed by atoms with Crippen molar-refractivity contribution in [2.75, 3.05) is 33.8 Å². The quantitative estimate of drug-likeness (QED) is 0.296. The Labute approximate surface area is 203 Å². The molecule has 0 saturated heterocycles. The van der Waals surface area contributed by atoms with Crippen molar-refractivity contribution in [3.8, 4) is 34.5 Å². The number of rotatable bonds is 9. The number of carbonyl (C=O) groups is 1. The summed E-state index contributed by atoms with van der Waals surface area (Å²) in [4.78, 5) is 12.6. The first-order chi connectivity index (χ1) is 16.9. The Balaban J connectivity index is 1.93. The molecule has 0 radical (unpaired) electrons. The molecule has 0 atom stereocenters. The fourth-order valence-corrected chi connectivity index (χ4v) is 3.37. The third-order valence-corrected chi connectivity index (χ3v) is 5.08. The Morgan fingerprint density at radius 3 is 1.94 bits per heavy atom. The molecule has 3 N–H and O–H groups in total. The molecule has 0 aliphatic carbocycles. The number of anilines is 1. The Hall–Kier alpha value is -4.59. The molecular weight excluding hydrogens is 450 g/mol. The molecule has 3 aromatic rings. The molecule has 182 valence electrons. The number of phenols is 2. The van der Waals surface area contributed by atoms with Gasteiger partial charge in [0.05, 0.1) is 34.1 Å². The van der Waals surface area contributed by atoms with Crippen LogP contribution in [0.2, 0.25) is 0 Å². The van der Waals surface area contributed by atoms with Crippen LogP contribution in [0.5, 0.6) is 34.5 Å². The summed E-state index contributed by atoms with van der Waals surface area (Å²) in [7, 11) is 6.01. The normalized spacial score (nSPS) is 11.0. The van der Waals surface area contributed by atoms with E-state index in [9.17, 15) is 15.0 Å². The zero-order chi connectivity index (χ0) is 25.4. The predicted octanol–water partition coefficient (Wildman–Crippen LogP) is 4.95. The number of benzene rings is 3. The molecule has 0 aliphatic rings. The van der Waals surface area contributed by atoms with Gasteiger partial charge in [-0.25, -0.2) is 0 Å². The van der Waals surface area contributed by atoms with Gasteiger partial charge < -0.3 is 34.5 Å². The minimum Gasteiger partial charge on any atom is -0.508 e. The Morgan fingerprint density at radius 1 is 0.743 bits per heavy atom. The van der Waals surface area contributed by atoms with E-state index >= 15 is 0 Å². The monoisotopic (exact) mass is 477 g/mol. The van der Waals surface area contributed by atoms with E-state index in [2.05, 4.69) is 5.32 Å². The zero-order valence-electron chi connectivity index (χ0n) is 19.9. The largest absolute Gasteiger partial charge is 0.508 e. The third-order valence-electron chi connectivity index (χ3n) is 5.08. The molecule has 3 rings (SSSR count). The summed E-state index contributed by atoms with van der Waals surface area (Å²) in [5.41, 5.74) is 2.40. The molecule has 3 aromatic carbocycles. The maximum absolute atomic E-state index is 12.6. The van der Waals surface area contributed by atoms with Crippen LogP contribution in [0.25, 0.3) is 18.2 Å². The average Bonchev–Trinajstić information content (AvgIpc) is 2.87. The number of hydrogen-bond acceptors (Lipinski definition) is 7. The van der Waals surface area contributed by atoms with Crippen LogP contribution in [0.3, 0.4) is 0 Å². The zero-order valence-corrected chi connectivity index (χ0v) is 19.9. The van der Waals surface area contributed by atoms with E-state index in [-0.39, 0.29) is 17.2 Å².